The molecule has 3 nitrogen and oxygen atoms in total. The minimum absolute atomic E-state index is 0.956. The lowest BCUT2D eigenvalue weighted by atomic mass is 10.6. The highest BCUT2D eigenvalue weighted by Crippen LogP contribution is 2.12. The molecular formula is C6H6N2O. The van der Waals surface area contributed by atoms with Crippen LogP contribution in [0.4, 0.5) is 0 Å². The van der Waals surface area contributed by atoms with E-state index >= 15 is 0 Å². The van der Waals surface area contributed by atoms with Crippen LogP contribution in [0.2, 0.25) is 0 Å². The SMILES string of the molecule is C1=CN2C=COC=C2N1. The number of rotatable bonds is 0. The molecule has 0 aliphatic carbocycles. The van der Waals surface area contributed by atoms with Crippen LogP contribution in [0.1, 0.15) is 0 Å². The van der Waals surface area contributed by atoms with Crippen LogP contribution in [0.15, 0.2) is 36.9 Å². The van der Waals surface area contributed by atoms with Crippen molar-refractivity contribution in [1.29, 1.82) is 0 Å². The van der Waals surface area contributed by atoms with Crippen molar-refractivity contribution in [2.75, 3.05) is 0 Å². The Morgan fingerprint density at radius 2 is 2.44 bits per heavy atom. The number of fused-ring (bicyclic) bond motifs is 1. The second-order valence-electron chi connectivity index (χ2n) is 1.79. The van der Waals surface area contributed by atoms with Crippen molar-refractivity contribution in [2.24, 2.45) is 0 Å². The molecule has 0 aromatic carbocycles. The van der Waals surface area contributed by atoms with Crippen LogP contribution in [0.3, 0.4) is 0 Å². The van der Waals surface area contributed by atoms with Crippen LogP contribution in [-0.4, -0.2) is 4.90 Å². The second kappa shape index (κ2) is 1.55. The standard InChI is InChI=1S/C6H6N2O/c1-2-8-3-4-9-5-6(8)7-1/h1-5,7H. The van der Waals surface area contributed by atoms with Crippen LogP contribution in [0, 0.1) is 0 Å². The molecule has 2 heterocycles. The van der Waals surface area contributed by atoms with Crippen molar-refractivity contribution in [1.82, 2.24) is 10.2 Å². The van der Waals surface area contributed by atoms with Crippen LogP contribution >= 0.6 is 0 Å². The number of nitrogens with one attached hydrogen (secondary N) is 1. The van der Waals surface area contributed by atoms with E-state index in [9.17, 15) is 0 Å². The van der Waals surface area contributed by atoms with Crippen LogP contribution in [-0.2, 0) is 4.74 Å². The molecule has 3 heteroatoms. The van der Waals surface area contributed by atoms with Gasteiger partial charge in [0.25, 0.3) is 0 Å². The average molecular weight is 122 g/mol. The first-order valence-electron chi connectivity index (χ1n) is 2.71. The zero-order valence-corrected chi connectivity index (χ0v) is 4.74. The van der Waals surface area contributed by atoms with Gasteiger partial charge in [-0.05, 0) is 0 Å². The fraction of sp³-hybridized carbons (Fsp3) is 0. The van der Waals surface area contributed by atoms with Crippen LogP contribution in [0.5, 0.6) is 0 Å². The third-order valence-corrected chi connectivity index (χ3v) is 1.22. The molecule has 2 rings (SSSR count). The monoisotopic (exact) mass is 122 g/mol. The van der Waals surface area contributed by atoms with Crippen molar-refractivity contribution in [3.63, 3.8) is 0 Å². The molecule has 0 fully saturated rings. The van der Waals surface area contributed by atoms with Crippen molar-refractivity contribution < 1.29 is 4.74 Å². The summed E-state index contributed by atoms with van der Waals surface area (Å²) < 4.78 is 4.90. The lowest BCUT2D eigenvalue weighted by Gasteiger charge is -2.14. The molecule has 0 unspecified atom stereocenters. The van der Waals surface area contributed by atoms with Gasteiger partial charge in [0.2, 0.25) is 0 Å². The second-order valence-corrected chi connectivity index (χ2v) is 1.79. The maximum atomic E-state index is 4.90. The minimum atomic E-state index is 0.956. The molecule has 0 saturated carbocycles. The Balaban J connectivity index is 2.29. The van der Waals surface area contributed by atoms with Crippen molar-refractivity contribution in [2.45, 2.75) is 0 Å². The van der Waals surface area contributed by atoms with Gasteiger partial charge in [-0.2, -0.15) is 0 Å². The van der Waals surface area contributed by atoms with E-state index in [1.54, 1.807) is 12.5 Å². The van der Waals surface area contributed by atoms with Crippen LogP contribution < -0.4 is 5.32 Å². The summed E-state index contributed by atoms with van der Waals surface area (Å²) in [6, 6.07) is 0. The number of ether oxygens (including phenoxy) is 1. The Morgan fingerprint density at radius 3 is 3.33 bits per heavy atom. The van der Waals surface area contributed by atoms with Gasteiger partial charge >= 0.3 is 0 Å². The minimum Gasteiger partial charge on any atom is -0.467 e. The molecule has 2 aliphatic rings. The highest BCUT2D eigenvalue weighted by molar-refractivity contribution is 5.16. The van der Waals surface area contributed by atoms with Gasteiger partial charge in [-0.15, -0.1) is 0 Å². The molecule has 1 N–H and O–H groups in total. The molecule has 0 bridgehead atoms. The Kier molecular flexibility index (Phi) is 0.773. The van der Waals surface area contributed by atoms with Gasteiger partial charge < -0.3 is 15.0 Å². The topological polar surface area (TPSA) is 24.5 Å². The first-order chi connectivity index (χ1) is 4.47. The van der Waals surface area contributed by atoms with E-state index in [1.165, 1.54) is 0 Å². The summed E-state index contributed by atoms with van der Waals surface area (Å²) in [4.78, 5) is 1.93. The maximum Gasteiger partial charge on any atom is 0.150 e. The predicted octanol–water partition coefficient (Wildman–Crippen LogP) is 0.663. The maximum absolute atomic E-state index is 4.90. The van der Waals surface area contributed by atoms with Crippen LogP contribution in [0.25, 0.3) is 0 Å². The summed E-state index contributed by atoms with van der Waals surface area (Å²) in [5.41, 5.74) is 0. The Hall–Kier alpha value is -1.38. The summed E-state index contributed by atoms with van der Waals surface area (Å²) in [7, 11) is 0. The predicted molar refractivity (Wildman–Crippen MR) is 32.4 cm³/mol. The first kappa shape index (κ1) is 4.49. The molecular weight excluding hydrogens is 116 g/mol. The first-order valence-corrected chi connectivity index (χ1v) is 2.71. The van der Waals surface area contributed by atoms with Gasteiger partial charge in [0.15, 0.2) is 0 Å². The quantitative estimate of drug-likeness (QED) is 0.511. The number of hydrogen-bond donors (Lipinski definition) is 1. The summed E-state index contributed by atoms with van der Waals surface area (Å²) >= 11 is 0. The van der Waals surface area contributed by atoms with E-state index in [1.807, 2.05) is 23.5 Å². The zero-order valence-electron chi connectivity index (χ0n) is 4.74. The lowest BCUT2D eigenvalue weighted by Crippen LogP contribution is -2.14. The normalized spacial score (nSPS) is 20.4. The molecule has 0 aromatic rings. The van der Waals surface area contributed by atoms with E-state index < -0.39 is 0 Å². The third kappa shape index (κ3) is 0.579. The van der Waals surface area contributed by atoms with E-state index in [-0.39, 0.29) is 0 Å². The summed E-state index contributed by atoms with van der Waals surface area (Å²) in [5, 5.41) is 2.99. The summed E-state index contributed by atoms with van der Waals surface area (Å²) in [6.07, 6.45) is 8.89. The molecule has 2 aliphatic heterocycles. The van der Waals surface area contributed by atoms with Gasteiger partial charge in [0.1, 0.15) is 18.3 Å². The fourth-order valence-electron chi connectivity index (χ4n) is 0.787. The molecule has 0 spiro atoms. The molecule has 0 radical (unpaired) electrons. The number of nitrogens with zero attached hydrogens (tertiary/aromatic N) is 1. The molecule has 0 saturated heterocycles. The molecule has 0 aromatic heterocycles. The summed E-state index contributed by atoms with van der Waals surface area (Å²) in [6.45, 7) is 0. The van der Waals surface area contributed by atoms with Gasteiger partial charge in [0, 0.05) is 18.6 Å². The van der Waals surface area contributed by atoms with Crippen molar-refractivity contribution in [3.8, 4) is 0 Å². The fourth-order valence-corrected chi connectivity index (χ4v) is 0.787. The van der Waals surface area contributed by atoms with Crippen molar-refractivity contribution >= 4 is 0 Å². The van der Waals surface area contributed by atoms with Gasteiger partial charge in [0.05, 0.1) is 0 Å². The molecule has 46 valence electrons. The van der Waals surface area contributed by atoms with Gasteiger partial charge in [-0.25, -0.2) is 0 Å². The Morgan fingerprint density at radius 1 is 1.44 bits per heavy atom. The zero-order chi connectivity index (χ0) is 6.10. The lowest BCUT2D eigenvalue weighted by molar-refractivity contribution is 0.351. The average Bonchev–Trinajstić information content (AvgIpc) is 2.33. The number of hydrogen-bond acceptors (Lipinski definition) is 3. The highest BCUT2D eigenvalue weighted by atomic mass is 16.5. The molecule has 0 atom stereocenters. The van der Waals surface area contributed by atoms with E-state index in [2.05, 4.69) is 5.32 Å². The largest absolute Gasteiger partial charge is 0.467 e. The van der Waals surface area contributed by atoms with Crippen molar-refractivity contribution in [3.05, 3.63) is 36.9 Å². The van der Waals surface area contributed by atoms with Gasteiger partial charge in [-0.1, -0.05) is 0 Å². The Bertz CT molecular complexity index is 205. The highest BCUT2D eigenvalue weighted by Gasteiger charge is 2.09. The summed E-state index contributed by atoms with van der Waals surface area (Å²) in [5.74, 6) is 0.956. The van der Waals surface area contributed by atoms with E-state index in [4.69, 9.17) is 4.74 Å². The smallest absolute Gasteiger partial charge is 0.150 e. The third-order valence-electron chi connectivity index (χ3n) is 1.22. The molecule has 9 heavy (non-hydrogen) atoms. The van der Waals surface area contributed by atoms with Gasteiger partial charge in [-0.3, -0.25) is 0 Å². The van der Waals surface area contributed by atoms with E-state index in [0.29, 0.717) is 0 Å². The molecule has 0 amide bonds. The van der Waals surface area contributed by atoms with E-state index in [0.717, 1.165) is 5.82 Å². The Labute approximate surface area is 52.9 Å².